The molecule has 53 heavy (non-hydrogen) atoms. The van der Waals surface area contributed by atoms with Crippen LogP contribution in [0, 0.1) is 0 Å². The number of nitrogens with two attached hydrogens (primary N) is 6. The van der Waals surface area contributed by atoms with Crippen molar-refractivity contribution in [2.24, 2.45) is 44.4 Å². The topological polar surface area (TPSA) is 409 Å². The van der Waals surface area contributed by atoms with Crippen LogP contribution in [0.5, 0.6) is 5.75 Å². The van der Waals surface area contributed by atoms with E-state index in [1.807, 2.05) is 0 Å². The lowest BCUT2D eigenvalue weighted by atomic mass is 10.0. The normalized spacial score (nSPS) is 13.5. The number of rotatable bonds is 25. The van der Waals surface area contributed by atoms with Gasteiger partial charge in [0.15, 0.2) is 11.9 Å². The van der Waals surface area contributed by atoms with E-state index in [-0.39, 0.29) is 69.3 Å². The highest BCUT2D eigenvalue weighted by Gasteiger charge is 2.32. The van der Waals surface area contributed by atoms with E-state index in [1.165, 1.54) is 24.3 Å². The van der Waals surface area contributed by atoms with Gasteiger partial charge in [-0.15, -0.1) is 0 Å². The average Bonchev–Trinajstić information content (AvgIpc) is 3.07. The molecule has 294 valence electrons. The largest absolute Gasteiger partial charge is 0.508 e. The maximum Gasteiger partial charge on any atom is 0.303 e. The van der Waals surface area contributed by atoms with Gasteiger partial charge in [0.2, 0.25) is 29.5 Å². The molecule has 22 nitrogen and oxygen atoms in total. The van der Waals surface area contributed by atoms with E-state index in [0.29, 0.717) is 5.56 Å². The molecular weight excluding hydrogens is 700 g/mol. The van der Waals surface area contributed by atoms with Crippen LogP contribution in [0.2, 0.25) is 0 Å². The van der Waals surface area contributed by atoms with E-state index in [1.54, 1.807) is 0 Å². The lowest BCUT2D eigenvalue weighted by Crippen LogP contribution is -2.59. The highest BCUT2D eigenvalue weighted by molar-refractivity contribution is 5.96. The number of phenols is 1. The summed E-state index contributed by atoms with van der Waals surface area (Å²) in [5.74, 6) is -7.53. The van der Waals surface area contributed by atoms with Gasteiger partial charge in [-0.3, -0.25) is 43.5 Å². The molecule has 0 aliphatic heterocycles. The number of benzene rings is 1. The van der Waals surface area contributed by atoms with Gasteiger partial charge in [0.05, 0.1) is 6.04 Å². The van der Waals surface area contributed by atoms with Crippen LogP contribution < -0.4 is 55.7 Å². The molecule has 5 amide bonds. The Hall–Kier alpha value is -6.19. The summed E-state index contributed by atoms with van der Waals surface area (Å²) in [7, 11) is 0. The lowest BCUT2D eigenvalue weighted by molar-refractivity contribution is -0.138. The second-order valence-electron chi connectivity index (χ2n) is 11.9. The molecular formula is C31H50N12O10. The number of aromatic hydroxyl groups is 1. The molecule has 0 saturated heterocycles. The van der Waals surface area contributed by atoms with Gasteiger partial charge in [-0.05, 0) is 56.2 Å². The minimum atomic E-state index is -1.56. The standard InChI is InChI=1S/C31H50N12O10/c32-18(9-11-23(45)46)26(50)40-19(3-1-13-38-30(34)35)27(51)42-21(10-12-24(47)48)29(53)41-20(4-2-14-39-31(36)37)28(52)43-22(25(33)49)15-16-5-7-17(44)8-6-16/h5-8,18-22,44H,1-4,9-15,32H2,(H2,33,49)(H,40,50)(H,41,53)(H,42,51)(H,43,52)(H,45,46)(H,47,48)(H4,34,35,38)(H4,36,37,39)/t18-,19-,20-,21-,22-/m0/s1. The number of carboxylic acids is 2. The fourth-order valence-corrected chi connectivity index (χ4v) is 4.68. The van der Waals surface area contributed by atoms with Crippen LogP contribution in [0.25, 0.3) is 0 Å². The number of carboxylic acid groups (broad SMARTS) is 2. The Bertz CT molecular complexity index is 1480. The Labute approximate surface area is 304 Å². The Morgan fingerprint density at radius 2 is 0.981 bits per heavy atom. The summed E-state index contributed by atoms with van der Waals surface area (Å²) >= 11 is 0. The van der Waals surface area contributed by atoms with Crippen molar-refractivity contribution in [3.8, 4) is 5.75 Å². The van der Waals surface area contributed by atoms with Crippen LogP contribution in [0.1, 0.15) is 56.9 Å². The van der Waals surface area contributed by atoms with Crippen LogP contribution in [-0.4, -0.2) is 112 Å². The van der Waals surface area contributed by atoms with E-state index in [2.05, 4.69) is 31.3 Å². The number of nitrogens with zero attached hydrogens (tertiary/aromatic N) is 2. The Balaban J connectivity index is 3.31. The van der Waals surface area contributed by atoms with Crippen molar-refractivity contribution in [2.45, 2.75) is 88.0 Å². The van der Waals surface area contributed by atoms with E-state index in [0.717, 1.165) is 0 Å². The maximum absolute atomic E-state index is 13.6. The predicted octanol–water partition coefficient (Wildman–Crippen LogP) is -4.48. The Kier molecular flexibility index (Phi) is 19.7. The summed E-state index contributed by atoms with van der Waals surface area (Å²) in [6, 6.07) is -1.06. The number of guanidine groups is 2. The number of aliphatic imine (C=N–C) groups is 2. The van der Waals surface area contributed by atoms with Crippen LogP contribution >= 0.6 is 0 Å². The quantitative estimate of drug-likeness (QED) is 0.0255. The van der Waals surface area contributed by atoms with E-state index >= 15 is 0 Å². The molecule has 0 aromatic heterocycles. The Morgan fingerprint density at radius 1 is 0.585 bits per heavy atom. The number of hydrogen-bond donors (Lipinski definition) is 13. The van der Waals surface area contributed by atoms with E-state index in [4.69, 9.17) is 39.5 Å². The van der Waals surface area contributed by atoms with E-state index < -0.39 is 90.9 Å². The third kappa shape index (κ3) is 19.1. The number of carbonyl (C=O) groups excluding carboxylic acids is 5. The summed E-state index contributed by atoms with van der Waals surface area (Å²) in [6.07, 6.45) is -1.66. The molecule has 0 spiro atoms. The van der Waals surface area contributed by atoms with Crippen LogP contribution in [0.4, 0.5) is 0 Å². The van der Waals surface area contributed by atoms with Crippen molar-refractivity contribution in [1.29, 1.82) is 0 Å². The first-order valence-corrected chi connectivity index (χ1v) is 16.5. The van der Waals surface area contributed by atoms with E-state index in [9.17, 15) is 43.8 Å². The van der Waals surface area contributed by atoms with Crippen LogP contribution in [0.15, 0.2) is 34.3 Å². The molecule has 0 heterocycles. The third-order valence-corrected chi connectivity index (χ3v) is 7.48. The highest BCUT2D eigenvalue weighted by atomic mass is 16.4. The van der Waals surface area contributed by atoms with Crippen molar-refractivity contribution in [3.63, 3.8) is 0 Å². The summed E-state index contributed by atoms with van der Waals surface area (Å²) in [6.45, 7) is 0.0927. The van der Waals surface area contributed by atoms with Crippen molar-refractivity contribution in [1.82, 2.24) is 21.3 Å². The summed E-state index contributed by atoms with van der Waals surface area (Å²) in [5, 5.41) is 37.6. The van der Waals surface area contributed by atoms with Gasteiger partial charge in [0.1, 0.15) is 29.9 Å². The SMILES string of the molecule is NC(=O)[C@H](Cc1ccc(O)cc1)NC(=O)[C@H](CCCN=C(N)N)NC(=O)[C@H](CCC(=O)O)NC(=O)[C@H](CCCN=C(N)N)NC(=O)[C@@H](N)CCC(=O)O. The molecule has 1 rings (SSSR count). The highest BCUT2D eigenvalue weighted by Crippen LogP contribution is 2.12. The minimum Gasteiger partial charge on any atom is -0.508 e. The van der Waals surface area contributed by atoms with Gasteiger partial charge in [0, 0.05) is 32.4 Å². The number of primary amides is 1. The molecule has 22 heteroatoms. The summed E-state index contributed by atoms with van der Waals surface area (Å²) in [5.41, 5.74) is 33.3. The van der Waals surface area contributed by atoms with Gasteiger partial charge < -0.3 is 71.0 Å². The molecule has 19 N–H and O–H groups in total. The number of carbonyl (C=O) groups is 7. The molecule has 1 aromatic rings. The van der Waals surface area contributed by atoms with Gasteiger partial charge in [-0.25, -0.2) is 0 Å². The lowest BCUT2D eigenvalue weighted by Gasteiger charge is -2.26. The molecule has 0 aliphatic rings. The zero-order valence-electron chi connectivity index (χ0n) is 29.0. The molecule has 0 aliphatic carbocycles. The second-order valence-corrected chi connectivity index (χ2v) is 11.9. The monoisotopic (exact) mass is 750 g/mol. The van der Waals surface area contributed by atoms with Gasteiger partial charge in [-0.1, -0.05) is 12.1 Å². The smallest absolute Gasteiger partial charge is 0.303 e. The number of aliphatic carboxylic acids is 2. The van der Waals surface area contributed by atoms with Crippen LogP contribution in [-0.2, 0) is 40.0 Å². The zero-order valence-corrected chi connectivity index (χ0v) is 29.0. The first-order chi connectivity index (χ1) is 24.9. The summed E-state index contributed by atoms with van der Waals surface area (Å²) in [4.78, 5) is 95.7. The maximum atomic E-state index is 13.6. The second kappa shape index (κ2) is 23.3. The van der Waals surface area contributed by atoms with Crippen molar-refractivity contribution in [3.05, 3.63) is 29.8 Å². The van der Waals surface area contributed by atoms with Crippen molar-refractivity contribution >= 4 is 53.4 Å². The van der Waals surface area contributed by atoms with Gasteiger partial charge in [0.25, 0.3) is 0 Å². The summed E-state index contributed by atoms with van der Waals surface area (Å²) < 4.78 is 0. The number of nitrogens with one attached hydrogen (secondary N) is 4. The molecule has 0 unspecified atom stereocenters. The van der Waals surface area contributed by atoms with Gasteiger partial charge >= 0.3 is 11.9 Å². The predicted molar refractivity (Wildman–Crippen MR) is 190 cm³/mol. The molecule has 0 bridgehead atoms. The zero-order chi connectivity index (χ0) is 40.1. The van der Waals surface area contributed by atoms with Gasteiger partial charge in [-0.2, -0.15) is 0 Å². The average molecular weight is 751 g/mol. The molecule has 0 radical (unpaired) electrons. The molecule has 1 aromatic carbocycles. The fraction of sp³-hybridized carbons (Fsp3) is 0.516. The molecule has 0 fully saturated rings. The van der Waals surface area contributed by atoms with Crippen LogP contribution in [0.3, 0.4) is 0 Å². The third-order valence-electron chi connectivity index (χ3n) is 7.48. The van der Waals surface area contributed by atoms with Crippen molar-refractivity contribution < 1.29 is 48.9 Å². The Morgan fingerprint density at radius 3 is 1.40 bits per heavy atom. The number of amides is 5. The number of phenolic OH excluding ortho intramolecular Hbond substituents is 1. The minimum absolute atomic E-state index is 0.0273. The molecule has 5 atom stereocenters. The van der Waals surface area contributed by atoms with Crippen molar-refractivity contribution in [2.75, 3.05) is 13.1 Å². The molecule has 0 saturated carbocycles. The fourth-order valence-electron chi connectivity index (χ4n) is 4.68. The first kappa shape index (κ1) is 44.8. The number of hydrogen-bond acceptors (Lipinski definition) is 11. The first-order valence-electron chi connectivity index (χ1n) is 16.5.